The van der Waals surface area contributed by atoms with Gasteiger partial charge in [0.15, 0.2) is 5.78 Å². The molecule has 0 saturated carbocycles. The first-order valence-corrected chi connectivity index (χ1v) is 6.88. The topological polar surface area (TPSA) is 66.4 Å². The summed E-state index contributed by atoms with van der Waals surface area (Å²) in [5.74, 6) is 0.0996. The summed E-state index contributed by atoms with van der Waals surface area (Å²) < 4.78 is 0. The summed E-state index contributed by atoms with van der Waals surface area (Å²) in [6.07, 6.45) is 12.9. The third-order valence-electron chi connectivity index (χ3n) is 4.19. The number of aromatic nitrogens is 1. The molecule has 0 bridgehead atoms. The minimum absolute atomic E-state index is 0.0996. The van der Waals surface area contributed by atoms with Gasteiger partial charge in [-0.25, -0.2) is 0 Å². The molecule has 0 fully saturated rings. The maximum atomic E-state index is 13.0. The molecule has 0 amide bonds. The number of allylic oxidation sites excluding steroid dienone is 1. The summed E-state index contributed by atoms with van der Waals surface area (Å²) in [6, 6.07) is 3.43. The average molecular weight is 278 g/mol. The van der Waals surface area contributed by atoms with Crippen LogP contribution in [0.15, 0.2) is 59.6 Å². The Balaban J connectivity index is 1.97. The molecule has 2 aliphatic heterocycles. The predicted molar refractivity (Wildman–Crippen MR) is 80.3 cm³/mol. The van der Waals surface area contributed by atoms with Crippen molar-refractivity contribution in [3.05, 3.63) is 60.2 Å². The van der Waals surface area contributed by atoms with Crippen LogP contribution in [0, 0.1) is 5.41 Å². The van der Waals surface area contributed by atoms with Crippen LogP contribution >= 0.6 is 0 Å². The van der Waals surface area contributed by atoms with Gasteiger partial charge in [0.05, 0.1) is 18.1 Å². The Morgan fingerprint density at radius 1 is 1.29 bits per heavy atom. The SMILES string of the molecule is O=C1C(c2ccncc2)=C2C=CN=CC23C=CNCNC13. The molecule has 104 valence electrons. The van der Waals surface area contributed by atoms with Gasteiger partial charge in [0.25, 0.3) is 0 Å². The van der Waals surface area contributed by atoms with Crippen molar-refractivity contribution >= 4 is 17.6 Å². The van der Waals surface area contributed by atoms with Gasteiger partial charge in [-0.05, 0) is 35.5 Å². The smallest absolute Gasteiger partial charge is 0.182 e. The van der Waals surface area contributed by atoms with E-state index >= 15 is 0 Å². The van der Waals surface area contributed by atoms with Crippen LogP contribution in [0.4, 0.5) is 0 Å². The second kappa shape index (κ2) is 4.49. The fourth-order valence-corrected chi connectivity index (χ4v) is 3.25. The van der Waals surface area contributed by atoms with Gasteiger partial charge in [0, 0.05) is 30.4 Å². The summed E-state index contributed by atoms with van der Waals surface area (Å²) in [6.45, 7) is 0.559. The molecular weight excluding hydrogens is 264 g/mol. The van der Waals surface area contributed by atoms with Crippen LogP contribution in [0.5, 0.6) is 0 Å². The van der Waals surface area contributed by atoms with Crippen LogP contribution in [0.2, 0.25) is 0 Å². The molecule has 0 radical (unpaired) electrons. The molecule has 3 aliphatic rings. The summed E-state index contributed by atoms with van der Waals surface area (Å²) >= 11 is 0. The van der Waals surface area contributed by atoms with Crippen LogP contribution in [-0.2, 0) is 4.79 Å². The number of rotatable bonds is 1. The number of carbonyl (C=O) groups is 1. The molecule has 21 heavy (non-hydrogen) atoms. The van der Waals surface area contributed by atoms with E-state index in [0.717, 1.165) is 16.7 Å². The lowest BCUT2D eigenvalue weighted by atomic mass is 9.77. The van der Waals surface area contributed by atoms with Gasteiger partial charge in [0.1, 0.15) is 0 Å². The highest BCUT2D eigenvalue weighted by atomic mass is 16.1. The van der Waals surface area contributed by atoms with E-state index in [1.807, 2.05) is 36.7 Å². The molecule has 0 saturated heterocycles. The first-order chi connectivity index (χ1) is 10.3. The Bertz CT molecular complexity index is 717. The van der Waals surface area contributed by atoms with Crippen molar-refractivity contribution in [3.63, 3.8) is 0 Å². The van der Waals surface area contributed by atoms with Gasteiger partial charge < -0.3 is 5.32 Å². The summed E-state index contributed by atoms with van der Waals surface area (Å²) in [7, 11) is 0. The predicted octanol–water partition coefficient (Wildman–Crippen LogP) is 1.03. The zero-order chi connectivity index (χ0) is 14.3. The van der Waals surface area contributed by atoms with Crippen molar-refractivity contribution in [2.24, 2.45) is 10.4 Å². The van der Waals surface area contributed by atoms with E-state index in [9.17, 15) is 4.79 Å². The van der Waals surface area contributed by atoms with Crippen LogP contribution in [0.25, 0.3) is 5.57 Å². The van der Waals surface area contributed by atoms with Crippen molar-refractivity contribution in [3.8, 4) is 0 Å². The van der Waals surface area contributed by atoms with Crippen molar-refractivity contribution in [1.29, 1.82) is 0 Å². The lowest BCUT2D eigenvalue weighted by molar-refractivity contribution is -0.115. The number of aliphatic imine (C=N–C) groups is 1. The molecular formula is C16H14N4O. The van der Waals surface area contributed by atoms with Gasteiger partial charge in [0.2, 0.25) is 0 Å². The third-order valence-corrected chi connectivity index (χ3v) is 4.19. The van der Waals surface area contributed by atoms with E-state index < -0.39 is 5.41 Å². The van der Waals surface area contributed by atoms with Crippen LogP contribution in [-0.4, -0.2) is 29.7 Å². The lowest BCUT2D eigenvalue weighted by Gasteiger charge is -2.30. The molecule has 2 unspecified atom stereocenters. The van der Waals surface area contributed by atoms with E-state index in [4.69, 9.17) is 0 Å². The number of nitrogens with one attached hydrogen (secondary N) is 2. The molecule has 3 heterocycles. The lowest BCUT2D eigenvalue weighted by Crippen LogP contribution is -2.48. The quantitative estimate of drug-likeness (QED) is 0.805. The van der Waals surface area contributed by atoms with Gasteiger partial charge in [-0.15, -0.1) is 0 Å². The van der Waals surface area contributed by atoms with E-state index in [1.165, 1.54) is 0 Å². The molecule has 4 rings (SSSR count). The van der Waals surface area contributed by atoms with Crippen molar-refractivity contribution < 1.29 is 4.79 Å². The monoisotopic (exact) mass is 278 g/mol. The summed E-state index contributed by atoms with van der Waals surface area (Å²) in [5.41, 5.74) is 2.14. The van der Waals surface area contributed by atoms with Crippen molar-refractivity contribution in [2.75, 3.05) is 6.67 Å². The number of hydrogen-bond acceptors (Lipinski definition) is 5. The average Bonchev–Trinajstić information content (AvgIpc) is 2.65. The zero-order valence-corrected chi connectivity index (χ0v) is 11.3. The fraction of sp³-hybridized carbons (Fsp3) is 0.188. The van der Waals surface area contributed by atoms with Gasteiger partial charge in [-0.3, -0.25) is 20.1 Å². The Hall–Kier alpha value is -2.53. The molecule has 1 aromatic rings. The summed E-state index contributed by atoms with van der Waals surface area (Å²) in [5, 5.41) is 6.39. The first kappa shape index (κ1) is 12.2. The highest BCUT2D eigenvalue weighted by Crippen LogP contribution is 2.47. The Morgan fingerprint density at radius 2 is 2.14 bits per heavy atom. The second-order valence-electron chi connectivity index (χ2n) is 5.27. The van der Waals surface area contributed by atoms with E-state index in [1.54, 1.807) is 18.6 Å². The molecule has 2 N–H and O–H groups in total. The summed E-state index contributed by atoms with van der Waals surface area (Å²) in [4.78, 5) is 21.3. The number of pyridine rings is 1. The van der Waals surface area contributed by atoms with E-state index in [-0.39, 0.29) is 11.8 Å². The van der Waals surface area contributed by atoms with Gasteiger partial charge in [-0.2, -0.15) is 0 Å². The van der Waals surface area contributed by atoms with Crippen molar-refractivity contribution in [1.82, 2.24) is 15.6 Å². The van der Waals surface area contributed by atoms with E-state index in [2.05, 4.69) is 20.6 Å². The number of nitrogens with zero attached hydrogens (tertiary/aromatic N) is 2. The first-order valence-electron chi connectivity index (χ1n) is 6.88. The highest BCUT2D eigenvalue weighted by Gasteiger charge is 2.51. The normalized spacial score (nSPS) is 29.9. The molecule has 2 atom stereocenters. The third kappa shape index (κ3) is 1.64. The highest BCUT2D eigenvalue weighted by molar-refractivity contribution is 6.30. The maximum Gasteiger partial charge on any atom is 0.182 e. The minimum atomic E-state index is -0.506. The standard InChI is InChI=1S/C16H14N4O/c21-14-13(11-1-5-17-6-2-11)12-3-7-18-9-16(12)4-8-19-10-20-15(14)16/h1-9,15,19-20H,10H2. The molecule has 1 spiro atoms. The Morgan fingerprint density at radius 3 is 3.00 bits per heavy atom. The van der Waals surface area contributed by atoms with Crippen LogP contribution in [0.3, 0.4) is 0 Å². The number of hydrogen-bond donors (Lipinski definition) is 2. The largest absolute Gasteiger partial charge is 0.379 e. The zero-order valence-electron chi connectivity index (χ0n) is 11.3. The van der Waals surface area contributed by atoms with Crippen LogP contribution in [0.1, 0.15) is 5.56 Å². The molecule has 0 aromatic carbocycles. The van der Waals surface area contributed by atoms with Gasteiger partial charge >= 0.3 is 0 Å². The number of carbonyl (C=O) groups excluding carboxylic acids is 1. The fourth-order valence-electron chi connectivity index (χ4n) is 3.25. The Labute approximate surface area is 122 Å². The number of Topliss-reactive ketones (excluding diaryl/α,β-unsaturated/α-hetero) is 1. The van der Waals surface area contributed by atoms with E-state index in [0.29, 0.717) is 6.67 Å². The molecule has 1 aliphatic carbocycles. The maximum absolute atomic E-state index is 13.0. The minimum Gasteiger partial charge on any atom is -0.379 e. The van der Waals surface area contributed by atoms with Gasteiger partial charge in [-0.1, -0.05) is 6.08 Å². The van der Waals surface area contributed by atoms with Crippen LogP contribution < -0.4 is 10.6 Å². The van der Waals surface area contributed by atoms with Crippen molar-refractivity contribution in [2.45, 2.75) is 6.04 Å². The Kier molecular flexibility index (Phi) is 2.62. The molecule has 5 nitrogen and oxygen atoms in total. The second-order valence-corrected chi connectivity index (χ2v) is 5.27. The number of ketones is 1. The molecule has 1 aromatic heterocycles. The molecule has 5 heteroatoms.